The van der Waals surface area contributed by atoms with Crippen molar-refractivity contribution in [3.63, 3.8) is 0 Å². The minimum Gasteiger partial charge on any atom is -0.508 e. The van der Waals surface area contributed by atoms with Gasteiger partial charge < -0.3 is 19.7 Å². The minimum atomic E-state index is -0.377. The van der Waals surface area contributed by atoms with Crippen LogP contribution in [0.15, 0.2) is 36.4 Å². The third-order valence-electron chi connectivity index (χ3n) is 13.3. The molecule has 1 aliphatic heterocycles. The summed E-state index contributed by atoms with van der Waals surface area (Å²) >= 11 is 0. The Hall–Kier alpha value is -2.37. The van der Waals surface area contributed by atoms with E-state index in [1.807, 2.05) is 18.2 Å². The van der Waals surface area contributed by atoms with E-state index in [1.54, 1.807) is 6.07 Å². The topological polar surface area (TPSA) is 76.0 Å². The van der Waals surface area contributed by atoms with E-state index in [0.29, 0.717) is 58.7 Å². The lowest BCUT2D eigenvalue weighted by Crippen LogP contribution is -2.51. The van der Waals surface area contributed by atoms with Gasteiger partial charge >= 0.3 is 0 Å². The first-order chi connectivity index (χ1) is 22.3. The normalized spacial score (nSPS) is 32.3. The summed E-state index contributed by atoms with van der Waals surface area (Å²) in [6, 6.07) is 11.7. The van der Waals surface area contributed by atoms with Crippen LogP contribution in [0.2, 0.25) is 0 Å². The number of hydrogen-bond donors (Lipinski definition) is 2. The van der Waals surface area contributed by atoms with Crippen molar-refractivity contribution < 1.29 is 24.5 Å². The van der Waals surface area contributed by atoms with Crippen molar-refractivity contribution in [1.29, 1.82) is 0 Å². The molecular formula is C42H60O5. The molecule has 47 heavy (non-hydrogen) atoms. The summed E-state index contributed by atoms with van der Waals surface area (Å²) < 4.78 is 12.4. The van der Waals surface area contributed by atoms with Gasteiger partial charge in [-0.05, 0) is 131 Å². The second-order valence-corrected chi connectivity index (χ2v) is 17.2. The van der Waals surface area contributed by atoms with Gasteiger partial charge in [0, 0.05) is 25.7 Å². The maximum Gasteiger partial charge on any atom is 0.169 e. The highest BCUT2D eigenvalue weighted by Gasteiger charge is 2.56. The number of ether oxygens (including phenoxy) is 2. The van der Waals surface area contributed by atoms with Gasteiger partial charge in [0.2, 0.25) is 0 Å². The van der Waals surface area contributed by atoms with Crippen molar-refractivity contribution in [1.82, 2.24) is 0 Å². The SMILES string of the molecule is CC(C)CC[C@H]1CC(=O)C[C@@H]2c3ccc(O)cc3CC[C@@]12C.CC(C)CC[C@H]1CC2(C[C@@H]3c4ccc(O)cc4CC[C@@]13C)OCCO2. The van der Waals surface area contributed by atoms with Gasteiger partial charge in [0.15, 0.2) is 5.79 Å². The monoisotopic (exact) mass is 644 g/mol. The van der Waals surface area contributed by atoms with Gasteiger partial charge in [0.25, 0.3) is 0 Å². The first kappa shape index (κ1) is 34.5. The molecule has 5 aliphatic rings. The number of phenolic OH excluding ortho intramolecular Hbond substituents is 2. The van der Waals surface area contributed by atoms with E-state index in [1.165, 1.54) is 54.4 Å². The summed E-state index contributed by atoms with van der Waals surface area (Å²) in [6.07, 6.45) is 12.8. The number of benzene rings is 2. The Morgan fingerprint density at radius 2 is 1.23 bits per heavy atom. The lowest BCUT2D eigenvalue weighted by molar-refractivity contribution is -0.215. The average Bonchev–Trinajstić information content (AvgIpc) is 3.47. The number of aryl methyl sites for hydroxylation is 2. The third-order valence-corrected chi connectivity index (χ3v) is 13.3. The summed E-state index contributed by atoms with van der Waals surface area (Å²) in [4.78, 5) is 12.3. The fourth-order valence-electron chi connectivity index (χ4n) is 10.3. The molecule has 0 amide bonds. The van der Waals surface area contributed by atoms with Crippen molar-refractivity contribution in [3.05, 3.63) is 58.7 Å². The number of aromatic hydroxyl groups is 2. The molecule has 2 aromatic carbocycles. The van der Waals surface area contributed by atoms with Gasteiger partial charge in [-0.15, -0.1) is 0 Å². The molecule has 7 rings (SSSR count). The molecule has 5 heteroatoms. The van der Waals surface area contributed by atoms with Crippen LogP contribution in [0.1, 0.15) is 140 Å². The number of carbonyl (C=O) groups excluding carboxylic acids is 1. The fourth-order valence-corrected chi connectivity index (χ4v) is 10.3. The van der Waals surface area contributed by atoms with Crippen LogP contribution in [0.3, 0.4) is 0 Å². The predicted molar refractivity (Wildman–Crippen MR) is 188 cm³/mol. The van der Waals surface area contributed by atoms with Crippen LogP contribution >= 0.6 is 0 Å². The molecule has 5 nitrogen and oxygen atoms in total. The van der Waals surface area contributed by atoms with Crippen LogP contribution in [0.5, 0.6) is 11.5 Å². The van der Waals surface area contributed by atoms with Gasteiger partial charge in [-0.2, -0.15) is 0 Å². The highest BCUT2D eigenvalue weighted by atomic mass is 16.7. The van der Waals surface area contributed by atoms with Crippen molar-refractivity contribution in [2.75, 3.05) is 13.2 Å². The predicted octanol–water partition coefficient (Wildman–Crippen LogP) is 9.86. The van der Waals surface area contributed by atoms with E-state index in [-0.39, 0.29) is 11.2 Å². The van der Waals surface area contributed by atoms with Crippen molar-refractivity contribution in [2.24, 2.45) is 34.5 Å². The zero-order valence-electron chi connectivity index (χ0n) is 29.9. The van der Waals surface area contributed by atoms with Crippen LogP contribution in [-0.4, -0.2) is 35.0 Å². The lowest BCUT2D eigenvalue weighted by atomic mass is 9.52. The molecule has 2 saturated carbocycles. The number of rotatable bonds is 6. The molecule has 2 N–H and O–H groups in total. The summed E-state index contributed by atoms with van der Waals surface area (Å²) in [5, 5.41) is 19.6. The Kier molecular flexibility index (Phi) is 9.91. The zero-order valence-corrected chi connectivity index (χ0v) is 29.9. The highest BCUT2D eigenvalue weighted by Crippen LogP contribution is 2.62. The van der Waals surface area contributed by atoms with E-state index >= 15 is 0 Å². The Bertz CT molecular complexity index is 1420. The standard InChI is InChI=1S/C22H32O3.C20H28O2/c1-15(2)4-5-17-13-22(24-10-11-25-22)14-20-19-7-6-18(23)12-16(19)8-9-21(17,20)3;1-13(2)4-5-15-11-17(22)12-19-18-7-6-16(21)10-14(18)8-9-20(15,19)3/h6-7,12,15,17,20,23H,4-5,8-11,13-14H2,1-3H3;6-7,10,13,15,19,21H,4-5,8-9,11-12H2,1-3H3/t17-,20+,21-;15-,19+,20-/m00/s1. The highest BCUT2D eigenvalue weighted by molar-refractivity contribution is 5.81. The van der Waals surface area contributed by atoms with Gasteiger partial charge in [-0.1, -0.05) is 66.5 Å². The first-order valence-corrected chi connectivity index (χ1v) is 18.7. The summed E-state index contributed by atoms with van der Waals surface area (Å²) in [5.74, 6) is 4.17. The molecule has 3 fully saturated rings. The van der Waals surface area contributed by atoms with Crippen LogP contribution < -0.4 is 0 Å². The van der Waals surface area contributed by atoms with Crippen LogP contribution in [0, 0.1) is 34.5 Å². The molecule has 1 saturated heterocycles. The maximum absolute atomic E-state index is 12.3. The molecule has 0 unspecified atom stereocenters. The molecule has 0 bridgehead atoms. The van der Waals surface area contributed by atoms with Crippen LogP contribution in [-0.2, 0) is 27.1 Å². The minimum absolute atomic E-state index is 0.243. The van der Waals surface area contributed by atoms with Gasteiger partial charge in [-0.3, -0.25) is 4.79 Å². The zero-order chi connectivity index (χ0) is 33.6. The molecule has 1 heterocycles. The molecule has 0 radical (unpaired) electrons. The molecule has 1 spiro atoms. The summed E-state index contributed by atoms with van der Waals surface area (Å²) in [5.41, 5.74) is 5.85. The molecule has 6 atom stereocenters. The van der Waals surface area contributed by atoms with Crippen LogP contribution in [0.25, 0.3) is 0 Å². The Labute approximate surface area is 283 Å². The van der Waals surface area contributed by atoms with Gasteiger partial charge in [0.05, 0.1) is 13.2 Å². The maximum atomic E-state index is 12.3. The Balaban J connectivity index is 0.000000166. The van der Waals surface area contributed by atoms with Gasteiger partial charge in [0.1, 0.15) is 17.3 Å². The van der Waals surface area contributed by atoms with E-state index in [2.05, 4.69) is 53.7 Å². The fraction of sp³-hybridized carbons (Fsp3) is 0.690. The van der Waals surface area contributed by atoms with E-state index in [4.69, 9.17) is 9.47 Å². The second kappa shape index (κ2) is 13.5. The Morgan fingerprint density at radius 1 is 0.723 bits per heavy atom. The number of Topliss-reactive ketones (excluding diaryl/α,β-unsaturated/α-hetero) is 1. The molecule has 0 aromatic heterocycles. The second-order valence-electron chi connectivity index (χ2n) is 17.2. The summed E-state index contributed by atoms with van der Waals surface area (Å²) in [7, 11) is 0. The summed E-state index contributed by atoms with van der Waals surface area (Å²) in [6.45, 7) is 15.5. The third kappa shape index (κ3) is 6.91. The quantitative estimate of drug-likeness (QED) is 0.327. The van der Waals surface area contributed by atoms with E-state index < -0.39 is 0 Å². The lowest BCUT2D eigenvalue weighted by Gasteiger charge is -2.55. The molecule has 258 valence electrons. The first-order valence-electron chi connectivity index (χ1n) is 18.7. The average molecular weight is 645 g/mol. The van der Waals surface area contributed by atoms with Crippen molar-refractivity contribution in [2.45, 2.75) is 136 Å². The molecule has 2 aromatic rings. The number of carbonyl (C=O) groups is 1. The number of fused-ring (bicyclic) bond motifs is 6. The smallest absolute Gasteiger partial charge is 0.169 e. The van der Waals surface area contributed by atoms with Crippen LogP contribution in [0.4, 0.5) is 0 Å². The van der Waals surface area contributed by atoms with E-state index in [9.17, 15) is 15.0 Å². The number of phenols is 2. The Morgan fingerprint density at radius 3 is 1.79 bits per heavy atom. The van der Waals surface area contributed by atoms with Crippen molar-refractivity contribution in [3.8, 4) is 11.5 Å². The largest absolute Gasteiger partial charge is 0.508 e. The van der Waals surface area contributed by atoms with Gasteiger partial charge in [-0.25, -0.2) is 0 Å². The number of ketones is 1. The number of hydrogen-bond acceptors (Lipinski definition) is 5. The van der Waals surface area contributed by atoms with E-state index in [0.717, 1.165) is 57.7 Å². The molecule has 4 aliphatic carbocycles. The molecular weight excluding hydrogens is 584 g/mol. The van der Waals surface area contributed by atoms with Crippen molar-refractivity contribution >= 4 is 5.78 Å².